The molecule has 38 heavy (non-hydrogen) atoms. The zero-order valence-corrected chi connectivity index (χ0v) is 24.4. The Morgan fingerprint density at radius 1 is 1.32 bits per heavy atom. The molecular formula is C28H48N6O4. The Morgan fingerprint density at radius 3 is 2.66 bits per heavy atom. The summed E-state index contributed by atoms with van der Waals surface area (Å²) in [5.74, 6) is 1.52. The number of methoxy groups -OCH3 is 1. The zero-order chi connectivity index (χ0) is 27.9. The molecule has 0 aromatic carbocycles. The maximum Gasteiger partial charge on any atom is 0.259 e. The van der Waals surface area contributed by atoms with Gasteiger partial charge < -0.3 is 29.9 Å². The predicted octanol–water partition coefficient (Wildman–Crippen LogP) is 2.55. The van der Waals surface area contributed by atoms with Gasteiger partial charge in [0.15, 0.2) is 0 Å². The maximum atomic E-state index is 14.2. The quantitative estimate of drug-likeness (QED) is 0.443. The topological polar surface area (TPSA) is 109 Å². The van der Waals surface area contributed by atoms with Crippen LogP contribution in [0.1, 0.15) is 70.6 Å². The lowest BCUT2D eigenvalue weighted by Gasteiger charge is -2.45. The number of piperidine rings is 1. The van der Waals surface area contributed by atoms with Crippen molar-refractivity contribution in [2.75, 3.05) is 71.5 Å². The van der Waals surface area contributed by atoms with Crippen molar-refractivity contribution in [3.05, 3.63) is 17.6 Å². The van der Waals surface area contributed by atoms with Gasteiger partial charge in [0.25, 0.3) is 5.91 Å². The van der Waals surface area contributed by atoms with Crippen LogP contribution in [0.4, 0.5) is 5.82 Å². The lowest BCUT2D eigenvalue weighted by molar-refractivity contribution is -0.147. The molecule has 3 heterocycles. The second-order valence-corrected chi connectivity index (χ2v) is 12.3. The molecule has 2 fully saturated rings. The molecule has 2 amide bonds. The highest BCUT2D eigenvalue weighted by Gasteiger charge is 2.44. The fourth-order valence-electron chi connectivity index (χ4n) is 5.11. The molecule has 2 aliphatic rings. The van der Waals surface area contributed by atoms with Crippen LogP contribution >= 0.6 is 0 Å². The Bertz CT molecular complexity index is 944. The highest BCUT2D eigenvalue weighted by molar-refractivity contribution is 5.98. The smallest absolute Gasteiger partial charge is 0.259 e. The van der Waals surface area contributed by atoms with E-state index in [-0.39, 0.29) is 29.2 Å². The summed E-state index contributed by atoms with van der Waals surface area (Å²) in [4.78, 5) is 40.9. The molecule has 2 atom stereocenters. The minimum Gasteiger partial charge on any atom is -0.385 e. The summed E-state index contributed by atoms with van der Waals surface area (Å²) in [5, 5.41) is 6.83. The van der Waals surface area contributed by atoms with E-state index in [0.717, 1.165) is 6.42 Å². The van der Waals surface area contributed by atoms with Crippen LogP contribution in [0.5, 0.6) is 0 Å². The third-order valence-corrected chi connectivity index (χ3v) is 7.17. The Labute approximate surface area is 228 Å². The van der Waals surface area contributed by atoms with Crippen molar-refractivity contribution in [2.24, 2.45) is 11.3 Å². The average molecular weight is 533 g/mol. The van der Waals surface area contributed by atoms with Gasteiger partial charge in [-0.25, -0.2) is 9.97 Å². The van der Waals surface area contributed by atoms with Gasteiger partial charge in [0, 0.05) is 70.6 Å². The van der Waals surface area contributed by atoms with Crippen molar-refractivity contribution in [3.63, 3.8) is 0 Å². The van der Waals surface area contributed by atoms with E-state index in [1.807, 2.05) is 16.7 Å². The van der Waals surface area contributed by atoms with Gasteiger partial charge in [0.1, 0.15) is 17.2 Å². The van der Waals surface area contributed by atoms with Crippen LogP contribution in [-0.2, 0) is 19.7 Å². The summed E-state index contributed by atoms with van der Waals surface area (Å²) in [6, 6.07) is -0.128. The van der Waals surface area contributed by atoms with E-state index in [9.17, 15) is 9.59 Å². The van der Waals surface area contributed by atoms with Gasteiger partial charge in [-0.3, -0.25) is 9.59 Å². The molecule has 2 aliphatic heterocycles. The Morgan fingerprint density at radius 2 is 2.03 bits per heavy atom. The van der Waals surface area contributed by atoms with Crippen LogP contribution in [0.2, 0.25) is 0 Å². The Balaban J connectivity index is 1.89. The number of nitrogens with zero attached hydrogens (tertiary/aromatic N) is 4. The molecule has 10 nitrogen and oxygen atoms in total. The summed E-state index contributed by atoms with van der Waals surface area (Å²) in [5.41, 5.74) is -0.386. The molecule has 0 saturated carbocycles. The number of hydrogen-bond donors (Lipinski definition) is 2. The number of nitrogens with one attached hydrogen (secondary N) is 2. The number of rotatable bonds is 10. The first-order valence-electron chi connectivity index (χ1n) is 14.0. The molecule has 0 aliphatic carbocycles. The summed E-state index contributed by atoms with van der Waals surface area (Å²) in [7, 11) is 1.68. The van der Waals surface area contributed by atoms with E-state index in [1.165, 1.54) is 0 Å². The van der Waals surface area contributed by atoms with Gasteiger partial charge in [-0.05, 0) is 25.7 Å². The van der Waals surface area contributed by atoms with E-state index >= 15 is 0 Å². The van der Waals surface area contributed by atoms with Crippen LogP contribution in [0.15, 0.2) is 6.20 Å². The maximum absolute atomic E-state index is 14.2. The van der Waals surface area contributed by atoms with E-state index < -0.39 is 5.41 Å². The number of carbonyl (C=O) groups excluding carboxylic acids is 2. The first-order valence-corrected chi connectivity index (χ1v) is 14.0. The third kappa shape index (κ3) is 7.64. The number of hydrogen-bond acceptors (Lipinski definition) is 8. The lowest BCUT2D eigenvalue weighted by Crippen LogP contribution is -2.60. The minimum atomic E-state index is -0.594. The van der Waals surface area contributed by atoms with Crippen LogP contribution in [0.3, 0.4) is 0 Å². The number of anilines is 1. The number of morpholine rings is 1. The lowest BCUT2D eigenvalue weighted by atomic mass is 9.78. The van der Waals surface area contributed by atoms with Crippen molar-refractivity contribution >= 4 is 17.6 Å². The first-order chi connectivity index (χ1) is 18.0. The summed E-state index contributed by atoms with van der Waals surface area (Å²) in [6.07, 6.45) is 3.06. The molecule has 3 rings (SSSR count). The molecule has 0 bridgehead atoms. The molecule has 1 aromatic rings. The van der Waals surface area contributed by atoms with Gasteiger partial charge in [0.05, 0.1) is 18.6 Å². The molecule has 2 N–H and O–H groups in total. The Hall–Kier alpha value is -2.30. The van der Waals surface area contributed by atoms with E-state index in [2.05, 4.69) is 50.2 Å². The molecule has 214 valence electrons. The normalized spacial score (nSPS) is 22.4. The first kappa shape index (κ1) is 30.2. The van der Waals surface area contributed by atoms with Crippen molar-refractivity contribution < 1.29 is 19.1 Å². The SMILES string of the molecule is COCCCNc1nc(C(C)(C)C)ncc1C(=O)N(CC(C)C)[C@@H]1CNCC(C)(C(=O)N2CCOCC2)C1. The Kier molecular flexibility index (Phi) is 10.5. The van der Waals surface area contributed by atoms with Crippen LogP contribution in [0.25, 0.3) is 0 Å². The van der Waals surface area contributed by atoms with Crippen molar-refractivity contribution in [2.45, 2.75) is 65.8 Å². The summed E-state index contributed by atoms with van der Waals surface area (Å²) >= 11 is 0. The molecule has 2 saturated heterocycles. The van der Waals surface area contributed by atoms with E-state index in [1.54, 1.807) is 13.3 Å². The van der Waals surface area contributed by atoms with Crippen molar-refractivity contribution in [1.29, 1.82) is 0 Å². The van der Waals surface area contributed by atoms with Crippen molar-refractivity contribution in [1.82, 2.24) is 25.1 Å². The summed E-state index contributed by atoms with van der Waals surface area (Å²) < 4.78 is 10.6. The third-order valence-electron chi connectivity index (χ3n) is 7.17. The number of amides is 2. The molecule has 0 spiro atoms. The number of carbonyl (C=O) groups is 2. The van der Waals surface area contributed by atoms with Gasteiger partial charge >= 0.3 is 0 Å². The van der Waals surface area contributed by atoms with E-state index in [0.29, 0.717) is 82.7 Å². The number of ether oxygens (including phenoxy) is 2. The standard InChI is InChI=1S/C28H48N6O4/c1-20(2)18-34(21-15-28(6,19-29-16-21)26(36)33-10-13-38-14-11-33)24(35)22-17-31-25(27(3,4)5)32-23(22)30-9-8-12-37-7/h17,20-21,29H,8-16,18-19H2,1-7H3,(H,30,31,32)/t21-,28?/m0/s1. The fourth-order valence-corrected chi connectivity index (χ4v) is 5.11. The second kappa shape index (κ2) is 13.2. The average Bonchev–Trinajstić information content (AvgIpc) is 2.88. The number of aromatic nitrogens is 2. The van der Waals surface area contributed by atoms with Gasteiger partial charge in [-0.2, -0.15) is 0 Å². The van der Waals surface area contributed by atoms with Crippen LogP contribution in [0, 0.1) is 11.3 Å². The molecule has 10 heteroatoms. The van der Waals surface area contributed by atoms with E-state index in [4.69, 9.17) is 14.5 Å². The minimum absolute atomic E-state index is 0.108. The zero-order valence-electron chi connectivity index (χ0n) is 24.4. The molecular weight excluding hydrogens is 484 g/mol. The van der Waals surface area contributed by atoms with Gasteiger partial charge in [-0.1, -0.05) is 34.6 Å². The molecule has 0 radical (unpaired) electrons. The summed E-state index contributed by atoms with van der Waals surface area (Å²) in [6.45, 7) is 17.9. The van der Waals surface area contributed by atoms with Gasteiger partial charge in [-0.15, -0.1) is 0 Å². The monoisotopic (exact) mass is 532 g/mol. The molecule has 1 unspecified atom stereocenters. The van der Waals surface area contributed by atoms with Crippen LogP contribution in [-0.4, -0.2) is 104 Å². The fraction of sp³-hybridized carbons (Fsp3) is 0.786. The van der Waals surface area contributed by atoms with Gasteiger partial charge in [0.2, 0.25) is 5.91 Å². The second-order valence-electron chi connectivity index (χ2n) is 12.3. The highest BCUT2D eigenvalue weighted by atomic mass is 16.5. The highest BCUT2D eigenvalue weighted by Crippen LogP contribution is 2.32. The largest absolute Gasteiger partial charge is 0.385 e. The van der Waals surface area contributed by atoms with Crippen LogP contribution < -0.4 is 10.6 Å². The predicted molar refractivity (Wildman–Crippen MR) is 148 cm³/mol. The van der Waals surface area contributed by atoms with Crippen molar-refractivity contribution in [3.8, 4) is 0 Å². The molecule has 1 aromatic heterocycles.